The molecule has 8 heteroatoms. The first-order valence-corrected chi connectivity index (χ1v) is 6.83. The summed E-state index contributed by atoms with van der Waals surface area (Å²) < 4.78 is 48.4. The van der Waals surface area contributed by atoms with Crippen LogP contribution in [0.5, 0.6) is 11.5 Å². The zero-order chi connectivity index (χ0) is 16.9. The van der Waals surface area contributed by atoms with Crippen molar-refractivity contribution in [1.82, 2.24) is 9.97 Å². The van der Waals surface area contributed by atoms with Crippen LogP contribution in [0.4, 0.5) is 19.1 Å². The molecule has 124 valence electrons. The standard InChI is InChI=1S/C15H16F3N3O2/c1-10(23-12-5-3-11(22-2)4-6-12)9-20-14-19-8-7-13(21-14)15(16,17)18/h3-8,10H,9H2,1-2H3,(H,19,20,21). The average Bonchev–Trinajstić information content (AvgIpc) is 2.53. The van der Waals surface area contributed by atoms with Crippen LogP contribution in [0, 0.1) is 0 Å². The van der Waals surface area contributed by atoms with E-state index in [1.165, 1.54) is 0 Å². The molecule has 2 aromatic rings. The lowest BCUT2D eigenvalue weighted by molar-refractivity contribution is -0.141. The van der Waals surface area contributed by atoms with Gasteiger partial charge in [-0.15, -0.1) is 0 Å². The molecule has 1 aromatic heterocycles. The Balaban J connectivity index is 1.90. The van der Waals surface area contributed by atoms with E-state index in [9.17, 15) is 13.2 Å². The molecule has 0 amide bonds. The SMILES string of the molecule is COc1ccc(OC(C)CNc2nccc(C(F)(F)F)n2)cc1. The van der Waals surface area contributed by atoms with Crippen LogP contribution in [0.15, 0.2) is 36.5 Å². The topological polar surface area (TPSA) is 56.3 Å². The van der Waals surface area contributed by atoms with Gasteiger partial charge in [-0.1, -0.05) is 0 Å². The number of nitrogens with one attached hydrogen (secondary N) is 1. The van der Waals surface area contributed by atoms with E-state index >= 15 is 0 Å². The van der Waals surface area contributed by atoms with Crippen molar-refractivity contribution in [3.8, 4) is 11.5 Å². The van der Waals surface area contributed by atoms with Gasteiger partial charge in [-0.3, -0.25) is 0 Å². The van der Waals surface area contributed by atoms with Crippen LogP contribution in [0.2, 0.25) is 0 Å². The van der Waals surface area contributed by atoms with Crippen LogP contribution >= 0.6 is 0 Å². The maximum atomic E-state index is 12.6. The molecule has 1 N–H and O–H groups in total. The zero-order valence-corrected chi connectivity index (χ0v) is 12.6. The quantitative estimate of drug-likeness (QED) is 0.881. The number of halogens is 3. The summed E-state index contributed by atoms with van der Waals surface area (Å²) in [4.78, 5) is 7.19. The normalized spacial score (nSPS) is 12.6. The second-order valence-electron chi connectivity index (χ2n) is 4.75. The molecule has 23 heavy (non-hydrogen) atoms. The number of alkyl halides is 3. The van der Waals surface area contributed by atoms with Crippen molar-refractivity contribution in [2.45, 2.75) is 19.2 Å². The lowest BCUT2D eigenvalue weighted by Crippen LogP contribution is -2.24. The molecule has 0 spiro atoms. The van der Waals surface area contributed by atoms with Crippen LogP contribution in [-0.4, -0.2) is 29.7 Å². The van der Waals surface area contributed by atoms with Gasteiger partial charge in [0.15, 0.2) is 0 Å². The van der Waals surface area contributed by atoms with Crippen LogP contribution < -0.4 is 14.8 Å². The Morgan fingerprint density at radius 1 is 1.13 bits per heavy atom. The van der Waals surface area contributed by atoms with Crippen LogP contribution in [0.25, 0.3) is 0 Å². The minimum Gasteiger partial charge on any atom is -0.497 e. The van der Waals surface area contributed by atoms with Gasteiger partial charge in [0.05, 0.1) is 13.7 Å². The molecule has 0 bridgehead atoms. The summed E-state index contributed by atoms with van der Waals surface area (Å²) in [5, 5.41) is 2.73. The van der Waals surface area contributed by atoms with Crippen LogP contribution in [-0.2, 0) is 6.18 Å². The van der Waals surface area contributed by atoms with Gasteiger partial charge in [0.2, 0.25) is 5.95 Å². The third-order valence-corrected chi connectivity index (χ3v) is 2.89. The fraction of sp³-hybridized carbons (Fsp3) is 0.333. The van der Waals surface area contributed by atoms with Crippen molar-refractivity contribution in [3.63, 3.8) is 0 Å². The lowest BCUT2D eigenvalue weighted by Gasteiger charge is -2.16. The largest absolute Gasteiger partial charge is 0.497 e. The van der Waals surface area contributed by atoms with Crippen molar-refractivity contribution in [3.05, 3.63) is 42.2 Å². The number of hydrogen-bond acceptors (Lipinski definition) is 5. The first-order valence-electron chi connectivity index (χ1n) is 6.83. The average molecular weight is 327 g/mol. The third-order valence-electron chi connectivity index (χ3n) is 2.89. The van der Waals surface area contributed by atoms with Crippen molar-refractivity contribution < 1.29 is 22.6 Å². The smallest absolute Gasteiger partial charge is 0.433 e. The van der Waals surface area contributed by atoms with Crippen molar-refractivity contribution in [1.29, 1.82) is 0 Å². The van der Waals surface area contributed by atoms with E-state index < -0.39 is 11.9 Å². The van der Waals surface area contributed by atoms with Crippen molar-refractivity contribution >= 4 is 5.95 Å². The lowest BCUT2D eigenvalue weighted by atomic mass is 10.3. The number of rotatable bonds is 6. The fourth-order valence-corrected chi connectivity index (χ4v) is 1.77. The molecule has 0 fully saturated rings. The van der Waals surface area contributed by atoms with E-state index in [0.717, 1.165) is 12.3 Å². The van der Waals surface area contributed by atoms with Gasteiger partial charge in [-0.05, 0) is 37.3 Å². The van der Waals surface area contributed by atoms with E-state index in [-0.39, 0.29) is 18.6 Å². The van der Waals surface area contributed by atoms with E-state index in [1.807, 2.05) is 0 Å². The van der Waals surface area contributed by atoms with Crippen LogP contribution in [0.3, 0.4) is 0 Å². The maximum absolute atomic E-state index is 12.6. The highest BCUT2D eigenvalue weighted by Gasteiger charge is 2.32. The third kappa shape index (κ3) is 5.01. The van der Waals surface area contributed by atoms with Gasteiger partial charge < -0.3 is 14.8 Å². The summed E-state index contributed by atoms with van der Waals surface area (Å²) in [6.45, 7) is 2.04. The maximum Gasteiger partial charge on any atom is 0.433 e. The van der Waals surface area contributed by atoms with Gasteiger partial charge in [0.1, 0.15) is 23.3 Å². The first-order chi connectivity index (χ1) is 10.9. The molecule has 0 aliphatic heterocycles. The van der Waals surface area contributed by atoms with Crippen LogP contribution in [0.1, 0.15) is 12.6 Å². The van der Waals surface area contributed by atoms with Gasteiger partial charge in [0.25, 0.3) is 0 Å². The molecule has 1 unspecified atom stereocenters. The molecule has 0 saturated heterocycles. The molecule has 0 radical (unpaired) electrons. The highest BCUT2D eigenvalue weighted by Crippen LogP contribution is 2.27. The number of anilines is 1. The summed E-state index contributed by atoms with van der Waals surface area (Å²) in [5.41, 5.74) is -0.987. The minimum atomic E-state index is -4.50. The minimum absolute atomic E-state index is 0.0926. The van der Waals surface area contributed by atoms with E-state index in [4.69, 9.17) is 9.47 Å². The Morgan fingerprint density at radius 2 is 1.78 bits per heavy atom. The Morgan fingerprint density at radius 3 is 2.39 bits per heavy atom. The van der Waals surface area contributed by atoms with Gasteiger partial charge in [-0.2, -0.15) is 13.2 Å². The number of methoxy groups -OCH3 is 1. The van der Waals surface area contributed by atoms with E-state index in [0.29, 0.717) is 11.5 Å². The van der Waals surface area contributed by atoms with Crippen molar-refractivity contribution in [2.24, 2.45) is 0 Å². The molecule has 0 saturated carbocycles. The Bertz CT molecular complexity index is 633. The predicted molar refractivity (Wildman–Crippen MR) is 78.6 cm³/mol. The number of hydrogen-bond donors (Lipinski definition) is 1. The number of benzene rings is 1. The predicted octanol–water partition coefficient (Wildman–Crippen LogP) is 3.38. The van der Waals surface area contributed by atoms with Gasteiger partial charge in [-0.25, -0.2) is 9.97 Å². The summed E-state index contributed by atoms with van der Waals surface area (Å²) in [7, 11) is 1.57. The van der Waals surface area contributed by atoms with E-state index in [2.05, 4.69) is 15.3 Å². The summed E-state index contributed by atoms with van der Waals surface area (Å²) >= 11 is 0. The monoisotopic (exact) mass is 327 g/mol. The molecule has 0 aliphatic carbocycles. The molecule has 0 aliphatic rings. The molecule has 1 aromatic carbocycles. The second-order valence-corrected chi connectivity index (χ2v) is 4.75. The Labute approximate surface area is 131 Å². The van der Waals surface area contributed by atoms with E-state index in [1.54, 1.807) is 38.3 Å². The molecular weight excluding hydrogens is 311 g/mol. The fourth-order valence-electron chi connectivity index (χ4n) is 1.77. The molecule has 1 heterocycles. The molecule has 5 nitrogen and oxygen atoms in total. The molecule has 1 atom stereocenters. The molecule has 2 rings (SSSR count). The van der Waals surface area contributed by atoms with Gasteiger partial charge in [0, 0.05) is 6.20 Å². The Hall–Kier alpha value is -2.51. The highest BCUT2D eigenvalue weighted by molar-refractivity contribution is 5.31. The zero-order valence-electron chi connectivity index (χ0n) is 12.6. The summed E-state index contributed by atoms with van der Waals surface area (Å²) in [6.07, 6.45) is -3.72. The summed E-state index contributed by atoms with van der Waals surface area (Å²) in [5.74, 6) is 1.25. The number of nitrogens with zero attached hydrogens (tertiary/aromatic N) is 2. The first kappa shape index (κ1) is 16.9. The second kappa shape index (κ2) is 7.17. The number of ether oxygens (including phenoxy) is 2. The highest BCUT2D eigenvalue weighted by atomic mass is 19.4. The Kier molecular flexibility index (Phi) is 5.25. The number of aromatic nitrogens is 2. The van der Waals surface area contributed by atoms with Gasteiger partial charge >= 0.3 is 6.18 Å². The van der Waals surface area contributed by atoms with Crippen molar-refractivity contribution in [2.75, 3.05) is 19.0 Å². The molecular formula is C15H16F3N3O2. The summed E-state index contributed by atoms with van der Waals surface area (Å²) in [6, 6.07) is 7.82.